The molecule has 0 spiro atoms. The van der Waals surface area contributed by atoms with Gasteiger partial charge in [-0.1, -0.05) is 0 Å². The van der Waals surface area contributed by atoms with Crippen molar-refractivity contribution in [1.82, 2.24) is 9.06 Å². The van der Waals surface area contributed by atoms with E-state index in [2.05, 4.69) is 0 Å². The van der Waals surface area contributed by atoms with Crippen LogP contribution in [-0.2, 0) is 0 Å². The average molecular weight is 139 g/mol. The fraction of sp³-hybridized carbons (Fsp3) is 0.333. The molecule has 7 heavy (non-hydrogen) atoms. The standard InChI is InChI=1S/C3H4Cl2N2/c4-6-2-1-3-7(6)5/h1-2H,3H2. The molecule has 0 unspecified atom stereocenters. The van der Waals surface area contributed by atoms with Gasteiger partial charge in [-0.25, -0.2) is 4.53 Å². The average Bonchev–Trinajstić information content (AvgIpc) is 1.91. The maximum atomic E-state index is 5.43. The third-order valence-electron chi connectivity index (χ3n) is 0.692. The van der Waals surface area contributed by atoms with Gasteiger partial charge in [0.05, 0.1) is 6.54 Å². The van der Waals surface area contributed by atoms with Crippen LogP contribution in [0.3, 0.4) is 0 Å². The van der Waals surface area contributed by atoms with E-state index in [4.69, 9.17) is 23.6 Å². The van der Waals surface area contributed by atoms with Crippen molar-refractivity contribution in [3.63, 3.8) is 0 Å². The molecule has 0 N–H and O–H groups in total. The van der Waals surface area contributed by atoms with Gasteiger partial charge in [0.2, 0.25) is 0 Å². The Kier molecular flexibility index (Phi) is 1.42. The predicted octanol–water partition coefficient (Wildman–Crippen LogP) is 1.34. The Balaban J connectivity index is 2.45. The summed E-state index contributed by atoms with van der Waals surface area (Å²) < 4.78 is 2.66. The topological polar surface area (TPSA) is 6.48 Å². The van der Waals surface area contributed by atoms with Crippen molar-refractivity contribution in [2.24, 2.45) is 0 Å². The van der Waals surface area contributed by atoms with Crippen molar-refractivity contribution in [2.45, 2.75) is 0 Å². The van der Waals surface area contributed by atoms with Crippen LogP contribution in [0, 0.1) is 0 Å². The van der Waals surface area contributed by atoms with Crippen molar-refractivity contribution in [1.29, 1.82) is 0 Å². The minimum atomic E-state index is 0.686. The Morgan fingerprint density at radius 3 is 2.29 bits per heavy atom. The monoisotopic (exact) mass is 138 g/mol. The van der Waals surface area contributed by atoms with Gasteiger partial charge in [0.15, 0.2) is 0 Å². The molecule has 0 radical (unpaired) electrons. The highest BCUT2D eigenvalue weighted by atomic mass is 35.5. The zero-order valence-corrected chi connectivity index (χ0v) is 5.02. The SMILES string of the molecule is ClN1C=CCN1Cl. The molecule has 1 aliphatic heterocycles. The molecule has 0 aromatic carbocycles. The van der Waals surface area contributed by atoms with Gasteiger partial charge in [-0.05, 0) is 6.08 Å². The number of hydrazine groups is 1. The molecular formula is C3H4Cl2N2. The lowest BCUT2D eigenvalue weighted by Crippen LogP contribution is -2.16. The first-order valence-corrected chi connectivity index (χ1v) is 2.53. The second kappa shape index (κ2) is 1.90. The molecule has 40 valence electrons. The van der Waals surface area contributed by atoms with E-state index in [1.54, 1.807) is 6.20 Å². The molecule has 0 aromatic heterocycles. The van der Waals surface area contributed by atoms with Gasteiger partial charge in [0.1, 0.15) is 0 Å². The molecule has 0 aromatic rings. The fourth-order valence-corrected chi connectivity index (χ4v) is 0.643. The summed E-state index contributed by atoms with van der Waals surface area (Å²) >= 11 is 10.8. The molecule has 2 nitrogen and oxygen atoms in total. The third-order valence-corrected chi connectivity index (χ3v) is 1.37. The highest BCUT2D eigenvalue weighted by Crippen LogP contribution is 2.11. The minimum absolute atomic E-state index is 0.686. The molecule has 0 fully saturated rings. The summed E-state index contributed by atoms with van der Waals surface area (Å²) in [6, 6.07) is 0. The fourth-order valence-electron chi connectivity index (χ4n) is 0.371. The van der Waals surface area contributed by atoms with Gasteiger partial charge < -0.3 is 0 Å². The van der Waals surface area contributed by atoms with Gasteiger partial charge in [-0.15, -0.1) is 4.53 Å². The molecule has 0 saturated heterocycles. The van der Waals surface area contributed by atoms with Crippen molar-refractivity contribution < 1.29 is 0 Å². The first-order chi connectivity index (χ1) is 3.30. The quantitative estimate of drug-likeness (QED) is 0.467. The summed E-state index contributed by atoms with van der Waals surface area (Å²) in [5.41, 5.74) is 0. The Morgan fingerprint density at radius 1 is 1.43 bits per heavy atom. The number of hydrogen-bond donors (Lipinski definition) is 0. The maximum absolute atomic E-state index is 5.43. The van der Waals surface area contributed by atoms with E-state index in [1.165, 1.54) is 9.06 Å². The van der Waals surface area contributed by atoms with Crippen molar-refractivity contribution >= 4 is 23.6 Å². The number of halogens is 2. The maximum Gasteiger partial charge on any atom is 0.0560 e. The van der Waals surface area contributed by atoms with Crippen LogP contribution in [-0.4, -0.2) is 15.6 Å². The molecule has 0 amide bonds. The molecule has 0 aliphatic carbocycles. The summed E-state index contributed by atoms with van der Waals surface area (Å²) in [6.45, 7) is 0.686. The molecule has 1 aliphatic rings. The third kappa shape index (κ3) is 0.996. The minimum Gasteiger partial charge on any atom is -0.208 e. The highest BCUT2D eigenvalue weighted by Gasteiger charge is 2.08. The van der Waals surface area contributed by atoms with E-state index < -0.39 is 0 Å². The Bertz CT molecular complexity index is 92.9. The van der Waals surface area contributed by atoms with Gasteiger partial charge in [-0.2, -0.15) is 0 Å². The van der Waals surface area contributed by atoms with Crippen LogP contribution in [0.15, 0.2) is 12.3 Å². The first-order valence-electron chi connectivity index (χ1n) is 1.85. The van der Waals surface area contributed by atoms with Gasteiger partial charge >= 0.3 is 0 Å². The van der Waals surface area contributed by atoms with Crippen LogP contribution in [0.4, 0.5) is 0 Å². The van der Waals surface area contributed by atoms with E-state index in [1.807, 2.05) is 6.08 Å². The zero-order chi connectivity index (χ0) is 5.28. The van der Waals surface area contributed by atoms with Crippen LogP contribution in [0.1, 0.15) is 0 Å². The molecule has 0 saturated carbocycles. The van der Waals surface area contributed by atoms with Gasteiger partial charge in [-0.3, -0.25) is 0 Å². The normalized spacial score (nSPS) is 21.7. The first kappa shape index (κ1) is 5.22. The van der Waals surface area contributed by atoms with E-state index in [0.717, 1.165) is 0 Å². The van der Waals surface area contributed by atoms with Crippen molar-refractivity contribution in [3.8, 4) is 0 Å². The van der Waals surface area contributed by atoms with Crippen LogP contribution in [0.5, 0.6) is 0 Å². The number of rotatable bonds is 0. The molecule has 1 heterocycles. The smallest absolute Gasteiger partial charge is 0.0560 e. The lowest BCUT2D eigenvalue weighted by Gasteiger charge is -2.10. The van der Waals surface area contributed by atoms with Crippen LogP contribution < -0.4 is 0 Å². The molecule has 0 bridgehead atoms. The summed E-state index contributed by atoms with van der Waals surface area (Å²) in [7, 11) is 0. The summed E-state index contributed by atoms with van der Waals surface area (Å²) in [4.78, 5) is 0. The lowest BCUT2D eigenvalue weighted by molar-refractivity contribution is 0.293. The molecule has 0 atom stereocenters. The molecule has 1 rings (SSSR count). The largest absolute Gasteiger partial charge is 0.208 e. The summed E-state index contributed by atoms with van der Waals surface area (Å²) in [5, 5.41) is 0. The molecular weight excluding hydrogens is 135 g/mol. The van der Waals surface area contributed by atoms with E-state index >= 15 is 0 Å². The van der Waals surface area contributed by atoms with E-state index in [-0.39, 0.29) is 0 Å². The van der Waals surface area contributed by atoms with E-state index in [9.17, 15) is 0 Å². The Hall–Kier alpha value is 0.0800. The van der Waals surface area contributed by atoms with Gasteiger partial charge in [0, 0.05) is 29.8 Å². The number of nitrogens with zero attached hydrogens (tertiary/aromatic N) is 2. The molecule has 4 heteroatoms. The van der Waals surface area contributed by atoms with Crippen LogP contribution >= 0.6 is 23.6 Å². The van der Waals surface area contributed by atoms with E-state index in [0.29, 0.717) is 6.54 Å². The Morgan fingerprint density at radius 2 is 2.14 bits per heavy atom. The highest BCUT2D eigenvalue weighted by molar-refractivity contribution is 6.19. The lowest BCUT2D eigenvalue weighted by atomic mass is 10.7. The Labute approximate surface area is 52.1 Å². The van der Waals surface area contributed by atoms with Crippen molar-refractivity contribution in [3.05, 3.63) is 12.3 Å². The van der Waals surface area contributed by atoms with Crippen LogP contribution in [0.25, 0.3) is 0 Å². The van der Waals surface area contributed by atoms with Crippen molar-refractivity contribution in [2.75, 3.05) is 6.54 Å². The zero-order valence-electron chi connectivity index (χ0n) is 3.51. The number of hydrogen-bond acceptors (Lipinski definition) is 2. The second-order valence-electron chi connectivity index (χ2n) is 1.19. The predicted molar refractivity (Wildman–Crippen MR) is 29.4 cm³/mol. The summed E-state index contributed by atoms with van der Waals surface area (Å²) in [5.74, 6) is 0. The van der Waals surface area contributed by atoms with Gasteiger partial charge in [0.25, 0.3) is 0 Å². The second-order valence-corrected chi connectivity index (χ2v) is 1.93. The van der Waals surface area contributed by atoms with Crippen LogP contribution in [0.2, 0.25) is 0 Å². The summed E-state index contributed by atoms with van der Waals surface area (Å²) in [6.07, 6.45) is 3.55.